The Morgan fingerprint density at radius 2 is 1.19 bits per heavy atom. The Labute approximate surface area is 221 Å². The first-order valence-corrected chi connectivity index (χ1v) is 14.7. The summed E-state index contributed by atoms with van der Waals surface area (Å²) in [5.41, 5.74) is 2.97. The summed E-state index contributed by atoms with van der Waals surface area (Å²) >= 11 is 0. The van der Waals surface area contributed by atoms with Crippen LogP contribution in [0.2, 0.25) is 0 Å². The lowest BCUT2D eigenvalue weighted by Gasteiger charge is -2.13. The van der Waals surface area contributed by atoms with Crippen molar-refractivity contribution in [3.8, 4) is 5.75 Å². The molecule has 0 heterocycles. The number of ether oxygens (including phenoxy) is 2. The number of carbonyl (C=O) groups excluding carboxylic acids is 1. The molecule has 200 valence electrons. The van der Waals surface area contributed by atoms with E-state index in [-0.39, 0.29) is 12.1 Å². The summed E-state index contributed by atoms with van der Waals surface area (Å²) in [5.74, 6) is 0.244. The van der Waals surface area contributed by atoms with Gasteiger partial charge in [0, 0.05) is 6.61 Å². The van der Waals surface area contributed by atoms with Crippen molar-refractivity contribution in [3.63, 3.8) is 0 Å². The van der Waals surface area contributed by atoms with E-state index in [4.69, 9.17) is 9.47 Å². The number of benzene rings is 2. The Morgan fingerprint density at radius 3 is 1.72 bits per heavy atom. The van der Waals surface area contributed by atoms with Crippen LogP contribution in [0.15, 0.2) is 48.5 Å². The lowest BCUT2D eigenvalue weighted by atomic mass is 10.0. The number of carbonyl (C=O) groups is 1. The van der Waals surface area contributed by atoms with Gasteiger partial charge in [0.15, 0.2) is 0 Å². The van der Waals surface area contributed by atoms with Crippen LogP contribution in [-0.2, 0) is 11.2 Å². The van der Waals surface area contributed by atoms with Crippen LogP contribution in [-0.4, -0.2) is 12.6 Å². The molecule has 0 amide bonds. The van der Waals surface area contributed by atoms with Crippen LogP contribution in [0, 0.1) is 0 Å². The predicted octanol–water partition coefficient (Wildman–Crippen LogP) is 10.0. The normalized spacial score (nSPS) is 12.0. The van der Waals surface area contributed by atoms with Gasteiger partial charge in [-0.1, -0.05) is 115 Å². The smallest absolute Gasteiger partial charge is 0.343 e. The molecule has 1 atom stereocenters. The molecule has 1 unspecified atom stereocenters. The first-order valence-electron chi connectivity index (χ1n) is 14.7. The van der Waals surface area contributed by atoms with E-state index in [0.717, 1.165) is 25.0 Å². The second-order valence-electron chi connectivity index (χ2n) is 10.2. The highest BCUT2D eigenvalue weighted by atomic mass is 16.5. The maximum atomic E-state index is 12.5. The van der Waals surface area contributed by atoms with Crippen molar-refractivity contribution >= 4 is 5.97 Å². The highest BCUT2D eigenvalue weighted by Gasteiger charge is 2.10. The Balaban J connectivity index is 1.57. The Bertz CT molecular complexity index is 810. The maximum absolute atomic E-state index is 12.5. The molecule has 0 saturated carbocycles. The Hall–Kier alpha value is -2.13. The fourth-order valence-corrected chi connectivity index (χ4v) is 4.52. The van der Waals surface area contributed by atoms with Gasteiger partial charge in [-0.25, -0.2) is 4.79 Å². The van der Waals surface area contributed by atoms with Crippen LogP contribution < -0.4 is 4.74 Å². The van der Waals surface area contributed by atoms with E-state index >= 15 is 0 Å². The molecule has 3 nitrogen and oxygen atoms in total. The van der Waals surface area contributed by atoms with Gasteiger partial charge in [-0.05, 0) is 61.6 Å². The molecule has 0 bridgehead atoms. The van der Waals surface area contributed by atoms with Gasteiger partial charge in [-0.2, -0.15) is 0 Å². The van der Waals surface area contributed by atoms with Crippen LogP contribution in [0.5, 0.6) is 5.75 Å². The number of rotatable bonds is 20. The Morgan fingerprint density at radius 1 is 0.667 bits per heavy atom. The minimum Gasteiger partial charge on any atom is -0.423 e. The van der Waals surface area contributed by atoms with Gasteiger partial charge in [0.05, 0.1) is 11.7 Å². The predicted molar refractivity (Wildman–Crippen MR) is 152 cm³/mol. The van der Waals surface area contributed by atoms with E-state index in [2.05, 4.69) is 26.0 Å². The van der Waals surface area contributed by atoms with Crippen molar-refractivity contribution in [3.05, 3.63) is 65.2 Å². The van der Waals surface area contributed by atoms with Gasteiger partial charge in [0.25, 0.3) is 0 Å². The van der Waals surface area contributed by atoms with Crippen molar-refractivity contribution in [2.75, 3.05) is 6.61 Å². The minimum atomic E-state index is -0.314. The summed E-state index contributed by atoms with van der Waals surface area (Å²) in [6.07, 6.45) is 20.0. The van der Waals surface area contributed by atoms with Crippen molar-refractivity contribution in [2.45, 2.75) is 123 Å². The largest absolute Gasteiger partial charge is 0.423 e. The van der Waals surface area contributed by atoms with Crippen LogP contribution in [0.4, 0.5) is 0 Å². The molecule has 0 spiro atoms. The molecule has 0 aromatic heterocycles. The average molecular weight is 495 g/mol. The van der Waals surface area contributed by atoms with E-state index in [1.54, 1.807) is 0 Å². The molecule has 0 saturated heterocycles. The summed E-state index contributed by atoms with van der Waals surface area (Å²) in [5, 5.41) is 0. The summed E-state index contributed by atoms with van der Waals surface area (Å²) in [6, 6.07) is 15.5. The number of unbranched alkanes of at least 4 members (excludes halogenated alkanes) is 12. The third kappa shape index (κ3) is 12.7. The third-order valence-corrected chi connectivity index (χ3v) is 6.89. The van der Waals surface area contributed by atoms with Crippen molar-refractivity contribution < 1.29 is 14.3 Å². The summed E-state index contributed by atoms with van der Waals surface area (Å²) in [4.78, 5) is 12.5. The van der Waals surface area contributed by atoms with Gasteiger partial charge in [0.2, 0.25) is 0 Å². The monoisotopic (exact) mass is 494 g/mol. The summed E-state index contributed by atoms with van der Waals surface area (Å²) in [7, 11) is 0. The van der Waals surface area contributed by atoms with E-state index in [9.17, 15) is 4.79 Å². The number of esters is 1. The standard InChI is InChI=1S/C33H50O3/c1-4-6-7-8-9-10-11-12-13-14-15-16-17-18-29-19-21-31(22-20-29)33(34)36-32-25-23-30(24-26-32)28(3)35-27-5-2/h19-26,28H,4-18,27H2,1-3H3. The highest BCUT2D eigenvalue weighted by molar-refractivity contribution is 5.91. The fraction of sp³-hybridized carbons (Fsp3) is 0.606. The number of hydrogen-bond donors (Lipinski definition) is 0. The molecule has 0 radical (unpaired) electrons. The van der Waals surface area contributed by atoms with Gasteiger partial charge >= 0.3 is 5.97 Å². The molecule has 3 heteroatoms. The number of aryl methyl sites for hydroxylation is 1. The maximum Gasteiger partial charge on any atom is 0.343 e. The molecule has 0 aliphatic rings. The van der Waals surface area contributed by atoms with Crippen LogP contribution in [0.3, 0.4) is 0 Å². The topological polar surface area (TPSA) is 35.5 Å². The quantitative estimate of drug-likeness (QED) is 0.104. The third-order valence-electron chi connectivity index (χ3n) is 6.89. The van der Waals surface area contributed by atoms with E-state index in [0.29, 0.717) is 11.3 Å². The Kier molecular flexibility index (Phi) is 15.9. The molecule has 36 heavy (non-hydrogen) atoms. The van der Waals surface area contributed by atoms with Gasteiger partial charge < -0.3 is 9.47 Å². The molecule has 0 aliphatic carbocycles. The van der Waals surface area contributed by atoms with Gasteiger partial charge in [0.1, 0.15) is 5.75 Å². The molecule has 0 fully saturated rings. The molecule has 0 N–H and O–H groups in total. The molecule has 0 aliphatic heterocycles. The summed E-state index contributed by atoms with van der Waals surface area (Å²) in [6.45, 7) is 7.16. The zero-order chi connectivity index (χ0) is 25.8. The molecular weight excluding hydrogens is 444 g/mol. The lowest BCUT2D eigenvalue weighted by Crippen LogP contribution is -2.08. The summed E-state index contributed by atoms with van der Waals surface area (Å²) < 4.78 is 11.3. The van der Waals surface area contributed by atoms with Crippen molar-refractivity contribution in [1.82, 2.24) is 0 Å². The van der Waals surface area contributed by atoms with E-state index < -0.39 is 0 Å². The van der Waals surface area contributed by atoms with Crippen molar-refractivity contribution in [1.29, 1.82) is 0 Å². The SMILES string of the molecule is CCCCCCCCCCCCCCCc1ccc(C(=O)Oc2ccc(C(C)OCCC)cc2)cc1. The van der Waals surface area contributed by atoms with Gasteiger partial charge in [-0.15, -0.1) is 0 Å². The lowest BCUT2D eigenvalue weighted by molar-refractivity contribution is 0.0662. The molecule has 2 aromatic rings. The van der Waals surface area contributed by atoms with Crippen LogP contribution in [0.1, 0.15) is 138 Å². The van der Waals surface area contributed by atoms with E-state index in [1.807, 2.05) is 43.3 Å². The van der Waals surface area contributed by atoms with Crippen LogP contribution >= 0.6 is 0 Å². The average Bonchev–Trinajstić information content (AvgIpc) is 2.90. The van der Waals surface area contributed by atoms with Gasteiger partial charge in [-0.3, -0.25) is 0 Å². The zero-order valence-electron chi connectivity index (χ0n) is 23.2. The molecule has 2 aromatic carbocycles. The fourth-order valence-electron chi connectivity index (χ4n) is 4.52. The first-order chi connectivity index (χ1) is 17.6. The minimum absolute atomic E-state index is 0.0390. The first kappa shape index (κ1) is 30.1. The molecular formula is C33H50O3. The van der Waals surface area contributed by atoms with Crippen molar-refractivity contribution in [2.24, 2.45) is 0 Å². The molecule has 2 rings (SSSR count). The number of hydrogen-bond acceptors (Lipinski definition) is 3. The zero-order valence-corrected chi connectivity index (χ0v) is 23.2. The van der Waals surface area contributed by atoms with E-state index in [1.165, 1.54) is 89.0 Å². The van der Waals surface area contributed by atoms with Crippen LogP contribution in [0.25, 0.3) is 0 Å². The second-order valence-corrected chi connectivity index (χ2v) is 10.2. The highest BCUT2D eigenvalue weighted by Crippen LogP contribution is 2.21. The second kappa shape index (κ2) is 19.0.